The summed E-state index contributed by atoms with van der Waals surface area (Å²) in [6, 6.07) is 6.49. The lowest BCUT2D eigenvalue weighted by atomic mass is 10.0. The van der Waals surface area contributed by atoms with Crippen LogP contribution in [0, 0.1) is 11.7 Å². The number of hydrogen-bond donors (Lipinski definition) is 0. The molecule has 0 aliphatic carbocycles. The summed E-state index contributed by atoms with van der Waals surface area (Å²) in [5, 5.41) is 0. The Bertz CT molecular complexity index is 401. The molecule has 1 rings (SSSR count). The van der Waals surface area contributed by atoms with Crippen LogP contribution in [-0.2, 0) is 16.0 Å². The lowest BCUT2D eigenvalue weighted by Crippen LogP contribution is -2.22. The fourth-order valence-electron chi connectivity index (χ4n) is 2.05. The minimum Gasteiger partial charge on any atom is -0.462 e. The smallest absolute Gasteiger partial charge is 0.306 e. The number of hydrogen-bond acceptors (Lipinski definition) is 2. The highest BCUT2D eigenvalue weighted by molar-refractivity contribution is 5.69. The summed E-state index contributed by atoms with van der Waals surface area (Å²) < 4.78 is 18.4. The van der Waals surface area contributed by atoms with Crippen molar-refractivity contribution in [1.82, 2.24) is 0 Å². The number of carbonyl (C=O) groups is 1. The van der Waals surface area contributed by atoms with Crippen molar-refractivity contribution in [2.45, 2.75) is 52.6 Å². The average molecular weight is 266 g/mol. The maximum atomic E-state index is 13.0. The number of ether oxygens (including phenoxy) is 1. The van der Waals surface area contributed by atoms with Gasteiger partial charge in [0, 0.05) is 6.42 Å². The summed E-state index contributed by atoms with van der Waals surface area (Å²) in [5.41, 5.74) is 0.920. The van der Waals surface area contributed by atoms with Gasteiger partial charge in [-0.25, -0.2) is 4.39 Å². The second-order valence-electron chi connectivity index (χ2n) is 5.16. The summed E-state index contributed by atoms with van der Waals surface area (Å²) in [5.74, 6) is -0.0416. The number of halogens is 1. The molecule has 0 unspecified atom stereocenters. The molecule has 0 saturated carbocycles. The van der Waals surface area contributed by atoms with Crippen molar-refractivity contribution >= 4 is 5.97 Å². The first-order valence-electron chi connectivity index (χ1n) is 6.96. The van der Waals surface area contributed by atoms with Crippen LogP contribution in [0.3, 0.4) is 0 Å². The van der Waals surface area contributed by atoms with Gasteiger partial charge in [-0.05, 0) is 42.9 Å². The van der Waals surface area contributed by atoms with E-state index >= 15 is 0 Å². The van der Waals surface area contributed by atoms with Gasteiger partial charge in [0.2, 0.25) is 0 Å². The zero-order chi connectivity index (χ0) is 14.3. The Morgan fingerprint density at radius 1 is 1.37 bits per heavy atom. The standard InChI is InChI=1S/C16H23FO2/c1-4-15(12(2)3)19-16(18)10-6-8-13-7-5-9-14(17)11-13/h5,7,9,11-12,15H,4,6,8,10H2,1-3H3/t15-/m1/s1. The number of esters is 1. The van der Waals surface area contributed by atoms with Crippen LogP contribution >= 0.6 is 0 Å². The van der Waals surface area contributed by atoms with Crippen molar-refractivity contribution in [3.8, 4) is 0 Å². The molecule has 0 bridgehead atoms. The number of carbonyl (C=O) groups excluding carboxylic acids is 1. The van der Waals surface area contributed by atoms with Crippen LogP contribution in [-0.4, -0.2) is 12.1 Å². The van der Waals surface area contributed by atoms with Gasteiger partial charge in [-0.3, -0.25) is 4.79 Å². The lowest BCUT2D eigenvalue weighted by Gasteiger charge is -2.19. The molecule has 0 heterocycles. The van der Waals surface area contributed by atoms with Gasteiger partial charge in [-0.2, -0.15) is 0 Å². The van der Waals surface area contributed by atoms with Crippen molar-refractivity contribution in [3.63, 3.8) is 0 Å². The van der Waals surface area contributed by atoms with Gasteiger partial charge < -0.3 is 4.74 Å². The highest BCUT2D eigenvalue weighted by Crippen LogP contribution is 2.13. The van der Waals surface area contributed by atoms with Gasteiger partial charge in [-0.1, -0.05) is 32.9 Å². The summed E-state index contributed by atoms with van der Waals surface area (Å²) in [7, 11) is 0. The van der Waals surface area contributed by atoms with E-state index in [4.69, 9.17) is 4.74 Å². The molecule has 0 aromatic heterocycles. The lowest BCUT2D eigenvalue weighted by molar-refractivity contribution is -0.151. The number of aryl methyl sites for hydroxylation is 1. The SMILES string of the molecule is CC[C@@H](OC(=O)CCCc1cccc(F)c1)C(C)C. The molecule has 0 aliphatic rings. The Balaban J connectivity index is 2.31. The van der Waals surface area contributed by atoms with E-state index in [0.717, 1.165) is 12.0 Å². The third-order valence-electron chi connectivity index (χ3n) is 3.16. The van der Waals surface area contributed by atoms with Gasteiger partial charge in [0.1, 0.15) is 11.9 Å². The van der Waals surface area contributed by atoms with Gasteiger partial charge >= 0.3 is 5.97 Å². The van der Waals surface area contributed by atoms with E-state index in [0.29, 0.717) is 25.2 Å². The molecule has 1 atom stereocenters. The zero-order valence-corrected chi connectivity index (χ0v) is 12.0. The number of benzene rings is 1. The van der Waals surface area contributed by atoms with E-state index in [1.165, 1.54) is 12.1 Å². The maximum absolute atomic E-state index is 13.0. The van der Waals surface area contributed by atoms with E-state index in [-0.39, 0.29) is 17.9 Å². The molecule has 1 aromatic rings. The highest BCUT2D eigenvalue weighted by atomic mass is 19.1. The van der Waals surface area contributed by atoms with Crippen LogP contribution in [0.25, 0.3) is 0 Å². The molecule has 0 radical (unpaired) electrons. The van der Waals surface area contributed by atoms with Crippen molar-refractivity contribution in [1.29, 1.82) is 0 Å². The van der Waals surface area contributed by atoms with Crippen molar-refractivity contribution in [2.75, 3.05) is 0 Å². The van der Waals surface area contributed by atoms with Gasteiger partial charge in [-0.15, -0.1) is 0 Å². The minimum atomic E-state index is -0.231. The summed E-state index contributed by atoms with van der Waals surface area (Å²) in [6.07, 6.45) is 2.62. The van der Waals surface area contributed by atoms with E-state index in [1.807, 2.05) is 26.8 Å². The summed E-state index contributed by atoms with van der Waals surface area (Å²) in [6.45, 7) is 6.12. The topological polar surface area (TPSA) is 26.3 Å². The fraction of sp³-hybridized carbons (Fsp3) is 0.562. The molecule has 0 fully saturated rings. The fourth-order valence-corrected chi connectivity index (χ4v) is 2.05. The van der Waals surface area contributed by atoms with Crippen LogP contribution < -0.4 is 0 Å². The van der Waals surface area contributed by atoms with Crippen molar-refractivity contribution < 1.29 is 13.9 Å². The van der Waals surface area contributed by atoms with E-state index < -0.39 is 0 Å². The Kier molecular flexibility index (Phi) is 6.54. The molecule has 1 aromatic carbocycles. The van der Waals surface area contributed by atoms with Crippen LogP contribution in [0.15, 0.2) is 24.3 Å². The monoisotopic (exact) mass is 266 g/mol. The van der Waals surface area contributed by atoms with E-state index in [2.05, 4.69) is 0 Å². The number of rotatable bonds is 7. The predicted octanol–water partition coefficient (Wildman–Crippen LogP) is 4.13. The normalized spacial score (nSPS) is 12.5. The third-order valence-corrected chi connectivity index (χ3v) is 3.16. The van der Waals surface area contributed by atoms with E-state index in [9.17, 15) is 9.18 Å². The van der Waals surface area contributed by atoms with Crippen LogP contribution in [0.4, 0.5) is 4.39 Å². The van der Waals surface area contributed by atoms with Gasteiger partial charge in [0.15, 0.2) is 0 Å². The molecule has 106 valence electrons. The maximum Gasteiger partial charge on any atom is 0.306 e. The highest BCUT2D eigenvalue weighted by Gasteiger charge is 2.15. The largest absolute Gasteiger partial charge is 0.462 e. The van der Waals surface area contributed by atoms with Crippen LogP contribution in [0.1, 0.15) is 45.6 Å². The van der Waals surface area contributed by atoms with Gasteiger partial charge in [0.05, 0.1) is 0 Å². The van der Waals surface area contributed by atoms with Crippen LogP contribution in [0.5, 0.6) is 0 Å². The van der Waals surface area contributed by atoms with Gasteiger partial charge in [0.25, 0.3) is 0 Å². The van der Waals surface area contributed by atoms with E-state index in [1.54, 1.807) is 6.07 Å². The molecule has 2 nitrogen and oxygen atoms in total. The molecule has 0 N–H and O–H groups in total. The average Bonchev–Trinajstić information content (AvgIpc) is 2.35. The summed E-state index contributed by atoms with van der Waals surface area (Å²) in [4.78, 5) is 11.7. The molecular formula is C16H23FO2. The van der Waals surface area contributed by atoms with Crippen molar-refractivity contribution in [2.24, 2.45) is 5.92 Å². The second-order valence-corrected chi connectivity index (χ2v) is 5.16. The molecule has 0 spiro atoms. The molecule has 0 saturated heterocycles. The molecule has 3 heteroatoms. The van der Waals surface area contributed by atoms with Crippen LogP contribution in [0.2, 0.25) is 0 Å². The Morgan fingerprint density at radius 2 is 2.11 bits per heavy atom. The first-order chi connectivity index (χ1) is 9.02. The third kappa shape index (κ3) is 5.86. The second kappa shape index (κ2) is 7.93. The first kappa shape index (κ1) is 15.7. The quantitative estimate of drug-likeness (QED) is 0.694. The zero-order valence-electron chi connectivity index (χ0n) is 12.0. The van der Waals surface area contributed by atoms with Crippen molar-refractivity contribution in [3.05, 3.63) is 35.6 Å². The molecule has 19 heavy (non-hydrogen) atoms. The molecule has 0 amide bonds. The Labute approximate surface area is 115 Å². The minimum absolute atomic E-state index is 0.00155. The Morgan fingerprint density at radius 3 is 2.68 bits per heavy atom. The predicted molar refractivity (Wildman–Crippen MR) is 74.3 cm³/mol. The molecular weight excluding hydrogens is 243 g/mol. The summed E-state index contributed by atoms with van der Waals surface area (Å²) >= 11 is 0. The first-order valence-corrected chi connectivity index (χ1v) is 6.96. The Hall–Kier alpha value is -1.38. The molecule has 0 aliphatic heterocycles.